The fourth-order valence-corrected chi connectivity index (χ4v) is 4.82. The molecule has 5 heteroatoms. The second kappa shape index (κ2) is 7.25. The zero-order valence-electron chi connectivity index (χ0n) is 12.7. The van der Waals surface area contributed by atoms with E-state index in [0.29, 0.717) is 10.8 Å². The van der Waals surface area contributed by atoms with Crippen LogP contribution in [0.1, 0.15) is 51.0 Å². The Morgan fingerprint density at radius 1 is 1.29 bits per heavy atom. The minimum atomic E-state index is -3.43. The molecule has 0 radical (unpaired) electrons. The van der Waals surface area contributed by atoms with Gasteiger partial charge in [-0.15, -0.1) is 0 Å². The van der Waals surface area contributed by atoms with E-state index in [1.165, 1.54) is 19.3 Å². The van der Waals surface area contributed by atoms with Crippen LogP contribution in [-0.4, -0.2) is 14.5 Å². The molecule has 0 heterocycles. The van der Waals surface area contributed by atoms with Crippen LogP contribution in [0.4, 0.5) is 0 Å². The Morgan fingerprint density at radius 3 is 2.52 bits per heavy atom. The molecule has 1 saturated carbocycles. The van der Waals surface area contributed by atoms with Crippen LogP contribution in [0.15, 0.2) is 27.6 Å². The zero-order chi connectivity index (χ0) is 15.5. The van der Waals surface area contributed by atoms with Crippen LogP contribution in [0, 0.1) is 12.8 Å². The van der Waals surface area contributed by atoms with E-state index in [2.05, 4.69) is 27.6 Å². The number of halogens is 1. The molecular formula is C16H24BrNO2S. The van der Waals surface area contributed by atoms with Gasteiger partial charge in [-0.1, -0.05) is 42.1 Å². The normalized spacial score (nSPS) is 18.6. The largest absolute Gasteiger partial charge is 0.240 e. The number of sulfonamides is 1. The van der Waals surface area contributed by atoms with Gasteiger partial charge >= 0.3 is 0 Å². The third kappa shape index (κ3) is 4.30. The molecule has 1 atom stereocenters. The molecule has 1 aromatic rings. The van der Waals surface area contributed by atoms with Crippen LogP contribution in [0.2, 0.25) is 0 Å². The Balaban J connectivity index is 2.16. The second-order valence-corrected chi connectivity index (χ2v) is 8.51. The maximum atomic E-state index is 12.6. The summed E-state index contributed by atoms with van der Waals surface area (Å²) < 4.78 is 29.0. The summed E-state index contributed by atoms with van der Waals surface area (Å²) in [4.78, 5) is 0.359. The van der Waals surface area contributed by atoms with Gasteiger partial charge in [0.1, 0.15) is 0 Å². The van der Waals surface area contributed by atoms with E-state index >= 15 is 0 Å². The first-order valence-corrected chi connectivity index (χ1v) is 10.00. The molecule has 1 aromatic carbocycles. The van der Waals surface area contributed by atoms with Gasteiger partial charge in [-0.25, -0.2) is 13.1 Å². The van der Waals surface area contributed by atoms with Gasteiger partial charge in [0.15, 0.2) is 0 Å². The van der Waals surface area contributed by atoms with Crippen molar-refractivity contribution >= 4 is 26.0 Å². The molecule has 1 unspecified atom stereocenters. The molecule has 1 fully saturated rings. The maximum absolute atomic E-state index is 12.6. The first-order chi connectivity index (χ1) is 9.94. The summed E-state index contributed by atoms with van der Waals surface area (Å²) in [6.45, 7) is 3.97. The predicted molar refractivity (Wildman–Crippen MR) is 89.9 cm³/mol. The zero-order valence-corrected chi connectivity index (χ0v) is 15.1. The number of nitrogens with one attached hydrogen (secondary N) is 1. The predicted octanol–water partition coefficient (Wildman–Crippen LogP) is 4.39. The number of aryl methyl sites for hydroxylation is 1. The lowest BCUT2D eigenvalue weighted by Crippen LogP contribution is -2.40. The number of rotatable bonds is 5. The van der Waals surface area contributed by atoms with Crippen molar-refractivity contribution in [3.05, 3.63) is 28.2 Å². The smallest absolute Gasteiger partial charge is 0.208 e. The average Bonchev–Trinajstić information content (AvgIpc) is 2.48. The lowest BCUT2D eigenvalue weighted by molar-refractivity contribution is 0.285. The standard InChI is InChI=1S/C16H24BrNO2S/c1-3-16(13-7-5-4-6-8-13)18-21(19,20)14-9-10-15(17)12(2)11-14/h9-11,13,16,18H,3-8H2,1-2H3. The molecule has 1 N–H and O–H groups in total. The first-order valence-electron chi connectivity index (χ1n) is 7.72. The van der Waals surface area contributed by atoms with Crippen molar-refractivity contribution < 1.29 is 8.42 Å². The number of hydrogen-bond acceptors (Lipinski definition) is 2. The molecule has 0 aliphatic heterocycles. The molecule has 0 spiro atoms. The lowest BCUT2D eigenvalue weighted by atomic mass is 9.83. The highest BCUT2D eigenvalue weighted by atomic mass is 79.9. The van der Waals surface area contributed by atoms with Crippen molar-refractivity contribution in [1.82, 2.24) is 4.72 Å². The van der Waals surface area contributed by atoms with Gasteiger partial charge in [0.05, 0.1) is 4.90 Å². The van der Waals surface area contributed by atoms with E-state index in [4.69, 9.17) is 0 Å². The third-order valence-electron chi connectivity index (χ3n) is 4.40. The van der Waals surface area contributed by atoms with E-state index in [0.717, 1.165) is 29.3 Å². The van der Waals surface area contributed by atoms with Gasteiger partial charge in [0.2, 0.25) is 10.0 Å². The SMILES string of the molecule is CCC(NS(=O)(=O)c1ccc(Br)c(C)c1)C1CCCCC1. The van der Waals surface area contributed by atoms with Gasteiger partial charge in [-0.05, 0) is 55.9 Å². The van der Waals surface area contributed by atoms with E-state index in [1.807, 2.05) is 6.92 Å². The molecule has 0 aromatic heterocycles. The maximum Gasteiger partial charge on any atom is 0.240 e. The monoisotopic (exact) mass is 373 g/mol. The van der Waals surface area contributed by atoms with Crippen molar-refractivity contribution in [2.45, 2.75) is 63.3 Å². The molecule has 118 valence electrons. The summed E-state index contributed by atoms with van der Waals surface area (Å²) in [7, 11) is -3.43. The highest BCUT2D eigenvalue weighted by molar-refractivity contribution is 9.10. The Labute approximate surface area is 136 Å². The average molecular weight is 374 g/mol. The Morgan fingerprint density at radius 2 is 1.95 bits per heavy atom. The molecule has 21 heavy (non-hydrogen) atoms. The van der Waals surface area contributed by atoms with E-state index < -0.39 is 10.0 Å². The molecule has 3 nitrogen and oxygen atoms in total. The van der Waals surface area contributed by atoms with Crippen molar-refractivity contribution in [3.63, 3.8) is 0 Å². The van der Waals surface area contributed by atoms with Crippen LogP contribution in [0.3, 0.4) is 0 Å². The van der Waals surface area contributed by atoms with E-state index in [-0.39, 0.29) is 6.04 Å². The summed E-state index contributed by atoms with van der Waals surface area (Å²) in [5, 5.41) is 0. The molecule has 0 saturated heterocycles. The number of benzene rings is 1. The molecule has 0 amide bonds. The van der Waals surface area contributed by atoms with Crippen molar-refractivity contribution in [1.29, 1.82) is 0 Å². The third-order valence-corrected chi connectivity index (χ3v) is 6.78. The van der Waals surface area contributed by atoms with Crippen LogP contribution < -0.4 is 4.72 Å². The second-order valence-electron chi connectivity index (χ2n) is 5.95. The summed E-state index contributed by atoms with van der Waals surface area (Å²) in [5.41, 5.74) is 0.934. The van der Waals surface area contributed by atoms with Gasteiger partial charge in [-0.3, -0.25) is 0 Å². The van der Waals surface area contributed by atoms with Gasteiger partial charge in [0.25, 0.3) is 0 Å². The molecule has 0 bridgehead atoms. The quantitative estimate of drug-likeness (QED) is 0.831. The van der Waals surface area contributed by atoms with Crippen molar-refractivity contribution in [2.24, 2.45) is 5.92 Å². The molecule has 2 rings (SSSR count). The van der Waals surface area contributed by atoms with Crippen LogP contribution >= 0.6 is 15.9 Å². The lowest BCUT2D eigenvalue weighted by Gasteiger charge is -2.30. The fourth-order valence-electron chi connectivity index (χ4n) is 3.10. The minimum Gasteiger partial charge on any atom is -0.208 e. The van der Waals surface area contributed by atoms with Gasteiger partial charge in [0, 0.05) is 10.5 Å². The fraction of sp³-hybridized carbons (Fsp3) is 0.625. The topological polar surface area (TPSA) is 46.2 Å². The van der Waals surface area contributed by atoms with Crippen LogP contribution in [0.25, 0.3) is 0 Å². The van der Waals surface area contributed by atoms with E-state index in [1.54, 1.807) is 18.2 Å². The van der Waals surface area contributed by atoms with Crippen molar-refractivity contribution in [2.75, 3.05) is 0 Å². The summed E-state index contributed by atoms with van der Waals surface area (Å²) >= 11 is 3.41. The summed E-state index contributed by atoms with van der Waals surface area (Å²) in [6.07, 6.45) is 6.85. The number of hydrogen-bond donors (Lipinski definition) is 1. The minimum absolute atomic E-state index is 0.0549. The Bertz CT molecular complexity index is 580. The van der Waals surface area contributed by atoms with Crippen molar-refractivity contribution in [3.8, 4) is 0 Å². The Hall–Kier alpha value is -0.390. The highest BCUT2D eigenvalue weighted by Crippen LogP contribution is 2.29. The molecule has 1 aliphatic rings. The highest BCUT2D eigenvalue weighted by Gasteiger charge is 2.27. The van der Waals surface area contributed by atoms with E-state index in [9.17, 15) is 8.42 Å². The van der Waals surface area contributed by atoms with Gasteiger partial charge < -0.3 is 0 Å². The Kier molecular flexibility index (Phi) is 5.86. The molecular weight excluding hydrogens is 350 g/mol. The van der Waals surface area contributed by atoms with Crippen LogP contribution in [-0.2, 0) is 10.0 Å². The summed E-state index contributed by atoms with van der Waals surface area (Å²) in [6, 6.07) is 5.23. The van der Waals surface area contributed by atoms with Crippen LogP contribution in [0.5, 0.6) is 0 Å². The van der Waals surface area contributed by atoms with Gasteiger partial charge in [-0.2, -0.15) is 0 Å². The molecule has 1 aliphatic carbocycles. The summed E-state index contributed by atoms with van der Waals surface area (Å²) in [5.74, 6) is 0.482. The first kappa shape index (κ1) is 17.0.